The van der Waals surface area contributed by atoms with Crippen LogP contribution in [0.4, 0.5) is 13.2 Å². The molecule has 3 rings (SSSR count). The van der Waals surface area contributed by atoms with E-state index in [2.05, 4.69) is 25.8 Å². The van der Waals surface area contributed by atoms with E-state index in [1.807, 2.05) is 35.7 Å². The molecule has 1 unspecified atom stereocenters. The topological polar surface area (TPSA) is 96.1 Å². The Bertz CT molecular complexity index is 1030. The van der Waals surface area contributed by atoms with Crippen LogP contribution in [0.1, 0.15) is 18.3 Å². The lowest BCUT2D eigenvalue weighted by Crippen LogP contribution is -2.42. The van der Waals surface area contributed by atoms with Gasteiger partial charge in [-0.25, -0.2) is 4.99 Å². The summed E-state index contributed by atoms with van der Waals surface area (Å²) in [4.78, 5) is 4.43. The van der Waals surface area contributed by atoms with Crippen LogP contribution in [0.15, 0.2) is 53.7 Å². The molecule has 0 aliphatic carbocycles. The van der Waals surface area contributed by atoms with Gasteiger partial charge in [-0.2, -0.15) is 13.2 Å². The average molecular weight is 564 g/mol. The number of alkyl halides is 3. The molecule has 0 aliphatic heterocycles. The van der Waals surface area contributed by atoms with Crippen LogP contribution in [0, 0.1) is 0 Å². The summed E-state index contributed by atoms with van der Waals surface area (Å²) >= 11 is 0. The Morgan fingerprint density at radius 1 is 1.19 bits per heavy atom. The van der Waals surface area contributed by atoms with Crippen LogP contribution in [0.3, 0.4) is 0 Å². The number of ether oxygens (including phenoxy) is 1. The van der Waals surface area contributed by atoms with E-state index >= 15 is 0 Å². The van der Waals surface area contributed by atoms with Crippen molar-refractivity contribution in [3.63, 3.8) is 0 Å². The minimum Gasteiger partial charge on any atom is -0.491 e. The smallest absolute Gasteiger partial charge is 0.416 e. The van der Waals surface area contributed by atoms with E-state index in [9.17, 15) is 18.3 Å². The Balaban J connectivity index is 0.00000363. The van der Waals surface area contributed by atoms with E-state index in [-0.39, 0.29) is 49.4 Å². The van der Waals surface area contributed by atoms with Gasteiger partial charge in [0.1, 0.15) is 25.0 Å². The van der Waals surface area contributed by atoms with Crippen LogP contribution in [-0.4, -0.2) is 51.5 Å². The molecular weight excluding hydrogens is 540 g/mol. The summed E-state index contributed by atoms with van der Waals surface area (Å²) in [5.74, 6) is 1.14. The first-order valence-electron chi connectivity index (χ1n) is 9.65. The molecule has 12 heteroatoms. The van der Waals surface area contributed by atoms with Crippen molar-refractivity contribution in [2.24, 2.45) is 4.99 Å². The molecule has 0 saturated heterocycles. The lowest BCUT2D eigenvalue weighted by molar-refractivity contribution is -0.137. The third-order valence-corrected chi connectivity index (χ3v) is 4.22. The number of fused-ring (bicyclic) bond motifs is 1. The Labute approximate surface area is 199 Å². The molecule has 174 valence electrons. The van der Waals surface area contributed by atoms with Crippen molar-refractivity contribution >= 4 is 35.6 Å². The molecule has 0 saturated carbocycles. The van der Waals surface area contributed by atoms with Crippen molar-refractivity contribution < 1.29 is 23.0 Å². The average Bonchev–Trinajstić information content (AvgIpc) is 3.17. The Morgan fingerprint density at radius 2 is 2.00 bits per heavy atom. The molecule has 3 N–H and O–H groups in total. The molecule has 8 nitrogen and oxygen atoms in total. The second-order valence-corrected chi connectivity index (χ2v) is 6.61. The van der Waals surface area contributed by atoms with E-state index in [0.717, 1.165) is 12.1 Å². The van der Waals surface area contributed by atoms with E-state index in [0.29, 0.717) is 24.0 Å². The molecule has 1 atom stereocenters. The largest absolute Gasteiger partial charge is 0.491 e. The number of hydrogen-bond donors (Lipinski definition) is 3. The van der Waals surface area contributed by atoms with Crippen molar-refractivity contribution in [1.29, 1.82) is 0 Å². The van der Waals surface area contributed by atoms with Gasteiger partial charge in [-0.15, -0.1) is 34.2 Å². The highest BCUT2D eigenvalue weighted by atomic mass is 127. The summed E-state index contributed by atoms with van der Waals surface area (Å²) < 4.78 is 45.4. The van der Waals surface area contributed by atoms with Gasteiger partial charge >= 0.3 is 6.18 Å². The molecule has 2 aromatic heterocycles. The normalized spacial score (nSPS) is 12.8. The van der Waals surface area contributed by atoms with Crippen molar-refractivity contribution in [2.45, 2.75) is 25.7 Å². The summed E-state index contributed by atoms with van der Waals surface area (Å²) in [5, 5.41) is 24.3. The zero-order valence-electron chi connectivity index (χ0n) is 17.2. The van der Waals surface area contributed by atoms with Crippen LogP contribution in [0.5, 0.6) is 5.75 Å². The zero-order chi connectivity index (χ0) is 22.3. The number of nitrogens with zero attached hydrogens (tertiary/aromatic N) is 4. The maximum absolute atomic E-state index is 12.8. The molecular formula is C20H24F3IN6O2. The summed E-state index contributed by atoms with van der Waals surface area (Å²) in [5.41, 5.74) is -0.0898. The van der Waals surface area contributed by atoms with Crippen molar-refractivity contribution in [1.82, 2.24) is 25.2 Å². The number of guanidine groups is 1. The van der Waals surface area contributed by atoms with Gasteiger partial charge in [0.25, 0.3) is 0 Å². The van der Waals surface area contributed by atoms with Gasteiger partial charge in [-0.05, 0) is 37.3 Å². The molecule has 32 heavy (non-hydrogen) atoms. The van der Waals surface area contributed by atoms with Crippen LogP contribution >= 0.6 is 24.0 Å². The van der Waals surface area contributed by atoms with Gasteiger partial charge in [-0.1, -0.05) is 12.1 Å². The van der Waals surface area contributed by atoms with Crippen LogP contribution in [-0.2, 0) is 12.7 Å². The molecule has 1 aromatic carbocycles. The van der Waals surface area contributed by atoms with Gasteiger partial charge in [0.05, 0.1) is 5.56 Å². The Morgan fingerprint density at radius 3 is 2.75 bits per heavy atom. The standard InChI is InChI=1S/C20H23F3N6O2.HI/c1-2-24-19(26-12-18-28-27-17-8-3-4-9-29(17)18)25-11-15(30)13-31-16-7-5-6-14(10-16)20(21,22)23;/h3-10,15,30H,2,11-13H2,1H3,(H2,24,25,26);1H. The number of aromatic nitrogens is 3. The predicted molar refractivity (Wildman–Crippen MR) is 124 cm³/mol. The van der Waals surface area contributed by atoms with Gasteiger partial charge < -0.3 is 20.5 Å². The molecule has 0 bridgehead atoms. The number of rotatable bonds is 8. The lowest BCUT2D eigenvalue weighted by atomic mass is 10.2. The number of halogens is 4. The lowest BCUT2D eigenvalue weighted by Gasteiger charge is -2.16. The van der Waals surface area contributed by atoms with Crippen molar-refractivity contribution in [3.05, 3.63) is 60.0 Å². The highest BCUT2D eigenvalue weighted by Gasteiger charge is 2.30. The Hall–Kier alpha value is -2.61. The first-order chi connectivity index (χ1) is 14.9. The predicted octanol–water partition coefficient (Wildman–Crippen LogP) is 2.86. The second kappa shape index (κ2) is 11.9. The monoisotopic (exact) mass is 564 g/mol. The van der Waals surface area contributed by atoms with E-state index in [1.54, 1.807) is 0 Å². The van der Waals surface area contributed by atoms with Gasteiger partial charge in [0, 0.05) is 19.3 Å². The number of benzene rings is 1. The first kappa shape index (κ1) is 25.6. The van der Waals surface area contributed by atoms with Crippen LogP contribution in [0.25, 0.3) is 5.65 Å². The van der Waals surface area contributed by atoms with Crippen molar-refractivity contribution in [2.75, 3.05) is 19.7 Å². The summed E-state index contributed by atoms with van der Waals surface area (Å²) in [6, 6.07) is 10.1. The van der Waals surface area contributed by atoms with Crippen molar-refractivity contribution in [3.8, 4) is 5.75 Å². The van der Waals surface area contributed by atoms with E-state index in [4.69, 9.17) is 4.74 Å². The number of hydrogen-bond acceptors (Lipinski definition) is 5. The number of pyridine rings is 1. The first-order valence-corrected chi connectivity index (χ1v) is 9.65. The van der Waals surface area contributed by atoms with Gasteiger partial charge in [0.2, 0.25) is 0 Å². The maximum atomic E-state index is 12.8. The van der Waals surface area contributed by atoms with E-state index in [1.165, 1.54) is 12.1 Å². The fourth-order valence-corrected chi connectivity index (χ4v) is 2.72. The third-order valence-electron chi connectivity index (χ3n) is 4.22. The highest BCUT2D eigenvalue weighted by molar-refractivity contribution is 14.0. The molecule has 2 heterocycles. The molecule has 0 aliphatic rings. The molecule has 0 spiro atoms. The molecule has 3 aromatic rings. The fraction of sp³-hybridized carbons (Fsp3) is 0.350. The quantitative estimate of drug-likeness (QED) is 0.221. The third kappa shape index (κ3) is 7.22. The highest BCUT2D eigenvalue weighted by Crippen LogP contribution is 2.31. The number of aliphatic hydroxyl groups is 1. The zero-order valence-corrected chi connectivity index (χ0v) is 19.5. The molecule has 0 fully saturated rings. The van der Waals surface area contributed by atoms with Crippen LogP contribution in [0.2, 0.25) is 0 Å². The maximum Gasteiger partial charge on any atom is 0.416 e. The van der Waals surface area contributed by atoms with Gasteiger partial charge in [-0.3, -0.25) is 4.40 Å². The molecule has 0 radical (unpaired) electrons. The summed E-state index contributed by atoms with van der Waals surface area (Å²) in [6.45, 7) is 2.67. The number of aliphatic imine (C=N–C) groups is 1. The Kier molecular flexibility index (Phi) is 9.50. The number of aliphatic hydroxyl groups excluding tert-OH is 1. The second-order valence-electron chi connectivity index (χ2n) is 6.61. The van der Waals surface area contributed by atoms with E-state index < -0.39 is 17.8 Å². The molecule has 0 amide bonds. The minimum absolute atomic E-state index is 0. The summed E-state index contributed by atoms with van der Waals surface area (Å²) in [6.07, 6.45) is -3.57. The fourth-order valence-electron chi connectivity index (χ4n) is 2.72. The summed E-state index contributed by atoms with van der Waals surface area (Å²) in [7, 11) is 0. The SMILES string of the molecule is CCNC(=NCc1nnc2ccccn12)NCC(O)COc1cccc(C(F)(F)F)c1.I. The van der Waals surface area contributed by atoms with Crippen LogP contribution < -0.4 is 15.4 Å². The minimum atomic E-state index is -4.45. The number of nitrogens with one attached hydrogen (secondary N) is 2. The van der Waals surface area contributed by atoms with Gasteiger partial charge in [0.15, 0.2) is 17.4 Å².